The van der Waals surface area contributed by atoms with E-state index in [1.54, 1.807) is 0 Å². The number of hydrogen-bond acceptors (Lipinski definition) is 1. The molecule has 2 aromatic carbocycles. The molecule has 0 saturated carbocycles. The zero-order chi connectivity index (χ0) is 12.3. The quantitative estimate of drug-likeness (QED) is 0.849. The average molecular weight is 225 g/mol. The van der Waals surface area contributed by atoms with E-state index in [0.717, 1.165) is 6.42 Å². The molecule has 0 aliphatic carbocycles. The zero-order valence-corrected chi connectivity index (χ0v) is 10.5. The van der Waals surface area contributed by atoms with Crippen molar-refractivity contribution in [3.8, 4) is 11.1 Å². The van der Waals surface area contributed by atoms with Crippen LogP contribution in [0.25, 0.3) is 11.1 Å². The first-order valence-electron chi connectivity index (χ1n) is 6.07. The minimum absolute atomic E-state index is 0.210. The van der Waals surface area contributed by atoms with Gasteiger partial charge in [-0.15, -0.1) is 0 Å². The first kappa shape index (κ1) is 11.9. The molecule has 0 saturated heterocycles. The lowest BCUT2D eigenvalue weighted by Crippen LogP contribution is -2.17. The predicted octanol–water partition coefficient (Wildman–Crippen LogP) is 3.55. The molecule has 0 unspecified atom stereocenters. The average Bonchev–Trinajstić information content (AvgIpc) is 2.29. The summed E-state index contributed by atoms with van der Waals surface area (Å²) in [4.78, 5) is 0. The summed E-state index contributed by atoms with van der Waals surface area (Å²) in [7, 11) is 0. The maximum absolute atomic E-state index is 5.84. The number of hydrogen-bond donors (Lipinski definition) is 1. The standard InChI is InChI=1S/C16H19N/c1-12-6-3-4-9-16(12)15-8-5-7-14(11-15)10-13(2)17/h3-9,11,13H,10,17H2,1-2H3/t13-/m0/s1. The molecule has 1 atom stereocenters. The Morgan fingerprint density at radius 2 is 1.82 bits per heavy atom. The molecule has 2 aromatic rings. The molecule has 2 rings (SSSR count). The Kier molecular flexibility index (Phi) is 3.60. The Bertz CT molecular complexity index is 500. The number of nitrogens with two attached hydrogens (primary N) is 1. The Morgan fingerprint density at radius 3 is 2.53 bits per heavy atom. The highest BCUT2D eigenvalue weighted by atomic mass is 14.6. The molecule has 0 radical (unpaired) electrons. The van der Waals surface area contributed by atoms with Gasteiger partial charge in [0.2, 0.25) is 0 Å². The smallest absolute Gasteiger partial charge is 0.00509 e. The van der Waals surface area contributed by atoms with Crippen LogP contribution in [0.15, 0.2) is 48.5 Å². The summed E-state index contributed by atoms with van der Waals surface area (Å²) in [6.07, 6.45) is 0.930. The molecule has 0 spiro atoms. The summed E-state index contributed by atoms with van der Waals surface area (Å²) in [6.45, 7) is 4.19. The Labute approximate surface area is 103 Å². The van der Waals surface area contributed by atoms with E-state index in [1.165, 1.54) is 22.3 Å². The van der Waals surface area contributed by atoms with E-state index in [2.05, 4.69) is 55.5 Å². The third-order valence-electron chi connectivity index (χ3n) is 2.94. The molecule has 1 heteroatoms. The SMILES string of the molecule is Cc1ccccc1-c1cccc(C[C@H](C)N)c1. The molecule has 0 amide bonds. The van der Waals surface area contributed by atoms with Crippen LogP contribution in [-0.2, 0) is 6.42 Å². The third kappa shape index (κ3) is 2.95. The molecule has 88 valence electrons. The number of aryl methyl sites for hydroxylation is 1. The lowest BCUT2D eigenvalue weighted by atomic mass is 9.97. The molecule has 0 aliphatic heterocycles. The summed E-state index contributed by atoms with van der Waals surface area (Å²) < 4.78 is 0. The monoisotopic (exact) mass is 225 g/mol. The minimum Gasteiger partial charge on any atom is -0.328 e. The van der Waals surface area contributed by atoms with Gasteiger partial charge in [-0.2, -0.15) is 0 Å². The zero-order valence-electron chi connectivity index (χ0n) is 10.5. The van der Waals surface area contributed by atoms with Crippen molar-refractivity contribution in [2.24, 2.45) is 5.73 Å². The van der Waals surface area contributed by atoms with Crippen molar-refractivity contribution < 1.29 is 0 Å². The number of rotatable bonds is 3. The first-order chi connectivity index (χ1) is 8.16. The van der Waals surface area contributed by atoms with Crippen molar-refractivity contribution in [1.29, 1.82) is 0 Å². The first-order valence-corrected chi connectivity index (χ1v) is 6.07. The molecule has 0 fully saturated rings. The van der Waals surface area contributed by atoms with E-state index < -0.39 is 0 Å². The number of benzene rings is 2. The van der Waals surface area contributed by atoms with Crippen molar-refractivity contribution in [2.45, 2.75) is 26.3 Å². The van der Waals surface area contributed by atoms with Crippen LogP contribution in [0.5, 0.6) is 0 Å². The van der Waals surface area contributed by atoms with Crippen molar-refractivity contribution in [1.82, 2.24) is 0 Å². The highest BCUT2D eigenvalue weighted by molar-refractivity contribution is 5.67. The van der Waals surface area contributed by atoms with Gasteiger partial charge in [0.05, 0.1) is 0 Å². The Morgan fingerprint density at radius 1 is 1.06 bits per heavy atom. The van der Waals surface area contributed by atoms with Gasteiger partial charge in [-0.3, -0.25) is 0 Å². The molecular formula is C16H19N. The van der Waals surface area contributed by atoms with Crippen LogP contribution in [0.3, 0.4) is 0 Å². The van der Waals surface area contributed by atoms with E-state index in [1.807, 2.05) is 6.92 Å². The minimum atomic E-state index is 0.210. The van der Waals surface area contributed by atoms with Gasteiger partial charge < -0.3 is 5.73 Å². The van der Waals surface area contributed by atoms with E-state index in [9.17, 15) is 0 Å². The summed E-state index contributed by atoms with van der Waals surface area (Å²) >= 11 is 0. The fourth-order valence-corrected chi connectivity index (χ4v) is 2.13. The summed E-state index contributed by atoms with van der Waals surface area (Å²) in [5.41, 5.74) is 11.0. The second-order valence-electron chi connectivity index (χ2n) is 4.70. The second kappa shape index (κ2) is 5.15. The fraction of sp³-hybridized carbons (Fsp3) is 0.250. The largest absolute Gasteiger partial charge is 0.328 e. The van der Waals surface area contributed by atoms with Crippen molar-refractivity contribution in [3.63, 3.8) is 0 Å². The van der Waals surface area contributed by atoms with Crippen LogP contribution in [0, 0.1) is 6.92 Å². The van der Waals surface area contributed by atoms with Gasteiger partial charge in [-0.25, -0.2) is 0 Å². The van der Waals surface area contributed by atoms with Crippen LogP contribution < -0.4 is 5.73 Å². The Balaban J connectivity index is 2.37. The van der Waals surface area contributed by atoms with Crippen LogP contribution in [0.4, 0.5) is 0 Å². The molecule has 0 heterocycles. The van der Waals surface area contributed by atoms with Gasteiger partial charge in [0.15, 0.2) is 0 Å². The second-order valence-corrected chi connectivity index (χ2v) is 4.70. The summed E-state index contributed by atoms with van der Waals surface area (Å²) in [5, 5.41) is 0. The molecule has 2 N–H and O–H groups in total. The molecule has 1 nitrogen and oxygen atoms in total. The van der Waals surface area contributed by atoms with Gasteiger partial charge in [0.1, 0.15) is 0 Å². The van der Waals surface area contributed by atoms with Crippen molar-refractivity contribution >= 4 is 0 Å². The van der Waals surface area contributed by atoms with E-state index in [-0.39, 0.29) is 6.04 Å². The maximum Gasteiger partial charge on any atom is 0.00509 e. The van der Waals surface area contributed by atoms with Crippen LogP contribution in [0.2, 0.25) is 0 Å². The van der Waals surface area contributed by atoms with Gasteiger partial charge in [-0.05, 0) is 42.5 Å². The third-order valence-corrected chi connectivity index (χ3v) is 2.94. The lowest BCUT2D eigenvalue weighted by Gasteiger charge is -2.09. The van der Waals surface area contributed by atoms with E-state index in [4.69, 9.17) is 5.73 Å². The van der Waals surface area contributed by atoms with E-state index >= 15 is 0 Å². The molecule has 0 aliphatic rings. The van der Waals surface area contributed by atoms with Gasteiger partial charge in [0, 0.05) is 6.04 Å². The lowest BCUT2D eigenvalue weighted by molar-refractivity contribution is 0.738. The van der Waals surface area contributed by atoms with Gasteiger partial charge in [-0.1, -0.05) is 48.5 Å². The molecule has 0 aromatic heterocycles. The van der Waals surface area contributed by atoms with Crippen molar-refractivity contribution in [3.05, 3.63) is 59.7 Å². The molecule has 0 bridgehead atoms. The molecular weight excluding hydrogens is 206 g/mol. The highest BCUT2D eigenvalue weighted by Gasteiger charge is 2.03. The van der Waals surface area contributed by atoms with Crippen LogP contribution >= 0.6 is 0 Å². The maximum atomic E-state index is 5.84. The topological polar surface area (TPSA) is 26.0 Å². The van der Waals surface area contributed by atoms with E-state index in [0.29, 0.717) is 0 Å². The van der Waals surface area contributed by atoms with Crippen LogP contribution in [-0.4, -0.2) is 6.04 Å². The highest BCUT2D eigenvalue weighted by Crippen LogP contribution is 2.24. The fourth-order valence-electron chi connectivity index (χ4n) is 2.13. The molecule has 17 heavy (non-hydrogen) atoms. The predicted molar refractivity (Wildman–Crippen MR) is 74.0 cm³/mol. The van der Waals surface area contributed by atoms with Crippen molar-refractivity contribution in [2.75, 3.05) is 0 Å². The summed E-state index contributed by atoms with van der Waals surface area (Å²) in [5.74, 6) is 0. The Hall–Kier alpha value is -1.60. The summed E-state index contributed by atoms with van der Waals surface area (Å²) in [6, 6.07) is 17.3. The van der Waals surface area contributed by atoms with Crippen LogP contribution in [0.1, 0.15) is 18.1 Å². The van der Waals surface area contributed by atoms with Gasteiger partial charge in [0.25, 0.3) is 0 Å². The normalized spacial score (nSPS) is 12.4. The van der Waals surface area contributed by atoms with Gasteiger partial charge >= 0.3 is 0 Å².